The Balaban J connectivity index is 1.54. The molecule has 6 nitrogen and oxygen atoms in total. The second-order valence-corrected chi connectivity index (χ2v) is 7.65. The maximum atomic E-state index is 12.6. The molecule has 2 N–H and O–H groups in total. The highest BCUT2D eigenvalue weighted by Gasteiger charge is 2.33. The summed E-state index contributed by atoms with van der Waals surface area (Å²) >= 11 is 0. The molecule has 0 radical (unpaired) electrons. The molecule has 0 bridgehead atoms. The van der Waals surface area contributed by atoms with Gasteiger partial charge in [0.2, 0.25) is 5.91 Å². The summed E-state index contributed by atoms with van der Waals surface area (Å²) in [5, 5.41) is 5.38. The molecule has 1 saturated carbocycles. The molecule has 0 spiro atoms. The van der Waals surface area contributed by atoms with Crippen molar-refractivity contribution in [2.45, 2.75) is 44.7 Å². The lowest BCUT2D eigenvalue weighted by molar-refractivity contribution is -0.125. The number of hydrogen-bond donors (Lipinski definition) is 2. The lowest BCUT2D eigenvalue weighted by Crippen LogP contribution is -2.47. The van der Waals surface area contributed by atoms with Gasteiger partial charge in [0.15, 0.2) is 0 Å². The van der Waals surface area contributed by atoms with Gasteiger partial charge < -0.3 is 15.2 Å². The quantitative estimate of drug-likeness (QED) is 0.762. The highest BCUT2D eigenvalue weighted by atomic mass is 16.2. The van der Waals surface area contributed by atoms with Crippen molar-refractivity contribution < 1.29 is 4.79 Å². The number of pyridine rings is 2. The summed E-state index contributed by atoms with van der Waals surface area (Å²) in [7, 11) is 0. The molecule has 1 amide bonds. The first-order chi connectivity index (χ1) is 12.7. The molecule has 2 atom stereocenters. The summed E-state index contributed by atoms with van der Waals surface area (Å²) in [6, 6.07) is 4.95. The number of carbonyl (C=O) groups excluding carboxylic acids is 1. The second-order valence-electron chi connectivity index (χ2n) is 7.65. The molecule has 0 unspecified atom stereocenters. The SMILES string of the molecule is C[C@@H]1CC[C@H](C(=O)NC2CC2)CN1c1ccnc2cnc3[nH]ccc3c12. The molecular weight excluding hydrogens is 326 g/mol. The molecule has 1 saturated heterocycles. The van der Waals surface area contributed by atoms with E-state index in [0.29, 0.717) is 12.1 Å². The van der Waals surface area contributed by atoms with E-state index in [0.717, 1.165) is 59.9 Å². The lowest BCUT2D eigenvalue weighted by Gasteiger charge is -2.39. The number of anilines is 1. The van der Waals surface area contributed by atoms with Crippen LogP contribution in [0.4, 0.5) is 5.69 Å². The Labute approximate surface area is 152 Å². The fraction of sp³-hybridized carbons (Fsp3) is 0.450. The number of amides is 1. The van der Waals surface area contributed by atoms with E-state index in [4.69, 9.17) is 0 Å². The van der Waals surface area contributed by atoms with Crippen molar-refractivity contribution in [3.8, 4) is 0 Å². The van der Waals surface area contributed by atoms with E-state index < -0.39 is 0 Å². The Morgan fingerprint density at radius 2 is 2.12 bits per heavy atom. The number of hydrogen-bond acceptors (Lipinski definition) is 4. The average Bonchev–Trinajstić information content (AvgIpc) is 3.33. The predicted molar refractivity (Wildman–Crippen MR) is 102 cm³/mol. The summed E-state index contributed by atoms with van der Waals surface area (Å²) in [5.74, 6) is 0.273. The van der Waals surface area contributed by atoms with E-state index in [2.05, 4.69) is 44.2 Å². The van der Waals surface area contributed by atoms with Crippen LogP contribution in [0.2, 0.25) is 0 Å². The fourth-order valence-electron chi connectivity index (χ4n) is 4.08. The number of aromatic nitrogens is 3. The van der Waals surface area contributed by atoms with Gasteiger partial charge in [-0.05, 0) is 44.7 Å². The van der Waals surface area contributed by atoms with Crippen molar-refractivity contribution in [1.82, 2.24) is 20.3 Å². The third-order valence-corrected chi connectivity index (χ3v) is 5.75. The maximum absolute atomic E-state index is 12.6. The number of nitrogens with zero attached hydrogens (tertiary/aromatic N) is 3. The van der Waals surface area contributed by atoms with Gasteiger partial charge in [0.1, 0.15) is 5.65 Å². The van der Waals surface area contributed by atoms with Crippen molar-refractivity contribution in [2.24, 2.45) is 5.92 Å². The van der Waals surface area contributed by atoms with E-state index in [1.165, 1.54) is 0 Å². The zero-order chi connectivity index (χ0) is 17.7. The molecule has 6 heteroatoms. The maximum Gasteiger partial charge on any atom is 0.225 e. The first kappa shape index (κ1) is 15.6. The minimum atomic E-state index is 0.0542. The van der Waals surface area contributed by atoms with Crippen molar-refractivity contribution in [1.29, 1.82) is 0 Å². The first-order valence-electron chi connectivity index (χ1n) is 9.48. The van der Waals surface area contributed by atoms with Crippen LogP contribution in [-0.4, -0.2) is 39.5 Å². The predicted octanol–water partition coefficient (Wildman–Crippen LogP) is 2.99. The first-order valence-corrected chi connectivity index (χ1v) is 9.48. The van der Waals surface area contributed by atoms with Gasteiger partial charge >= 0.3 is 0 Å². The Kier molecular flexibility index (Phi) is 3.58. The van der Waals surface area contributed by atoms with Crippen molar-refractivity contribution in [3.05, 3.63) is 30.7 Å². The van der Waals surface area contributed by atoms with Gasteiger partial charge in [0.25, 0.3) is 0 Å². The monoisotopic (exact) mass is 349 g/mol. The van der Waals surface area contributed by atoms with Gasteiger partial charge in [-0.3, -0.25) is 9.78 Å². The molecule has 1 aliphatic heterocycles. The van der Waals surface area contributed by atoms with Crippen LogP contribution in [0, 0.1) is 5.92 Å². The van der Waals surface area contributed by atoms with E-state index in [-0.39, 0.29) is 11.8 Å². The summed E-state index contributed by atoms with van der Waals surface area (Å²) < 4.78 is 0. The standard InChI is InChI=1S/C20H23N5O/c1-12-2-3-13(20(26)24-14-4-5-14)11-25(12)17-7-9-21-16-10-23-19-15(18(16)17)6-8-22-19/h6-10,12-14H,2-5,11H2,1H3,(H,22,23)(H,24,26)/t12-,13+/m1/s1. The van der Waals surface area contributed by atoms with E-state index in [1.54, 1.807) is 0 Å². The minimum absolute atomic E-state index is 0.0542. The third-order valence-electron chi connectivity index (χ3n) is 5.75. The third kappa shape index (κ3) is 2.60. The molecule has 4 heterocycles. The Morgan fingerprint density at radius 1 is 1.23 bits per heavy atom. The van der Waals surface area contributed by atoms with Crippen LogP contribution in [0.5, 0.6) is 0 Å². The van der Waals surface area contributed by atoms with Gasteiger partial charge in [0, 0.05) is 47.5 Å². The van der Waals surface area contributed by atoms with Crippen molar-refractivity contribution in [2.75, 3.05) is 11.4 Å². The van der Waals surface area contributed by atoms with E-state index >= 15 is 0 Å². The summed E-state index contributed by atoms with van der Waals surface area (Å²) in [6.07, 6.45) is 9.83. The number of fused-ring (bicyclic) bond motifs is 3. The van der Waals surface area contributed by atoms with E-state index in [1.807, 2.05) is 18.6 Å². The molecule has 1 aliphatic carbocycles. The molecule has 26 heavy (non-hydrogen) atoms. The van der Waals surface area contributed by atoms with Gasteiger partial charge in [-0.15, -0.1) is 0 Å². The minimum Gasteiger partial charge on any atom is -0.367 e. The zero-order valence-corrected chi connectivity index (χ0v) is 14.9. The smallest absolute Gasteiger partial charge is 0.225 e. The summed E-state index contributed by atoms with van der Waals surface area (Å²) in [5.41, 5.74) is 2.92. The van der Waals surface area contributed by atoms with Gasteiger partial charge in [0.05, 0.1) is 17.6 Å². The Bertz CT molecular complexity index is 977. The van der Waals surface area contributed by atoms with Gasteiger partial charge in [-0.25, -0.2) is 4.98 Å². The van der Waals surface area contributed by atoms with Crippen LogP contribution < -0.4 is 10.2 Å². The van der Waals surface area contributed by atoms with Crippen LogP contribution in [0.1, 0.15) is 32.6 Å². The number of nitrogens with one attached hydrogen (secondary N) is 2. The normalized spacial score (nSPS) is 23.5. The van der Waals surface area contributed by atoms with Crippen molar-refractivity contribution in [3.63, 3.8) is 0 Å². The molecule has 5 rings (SSSR count). The molecule has 0 aromatic carbocycles. The number of rotatable bonds is 3. The molecule has 2 fully saturated rings. The lowest BCUT2D eigenvalue weighted by atomic mass is 9.91. The van der Waals surface area contributed by atoms with Crippen LogP contribution in [0.15, 0.2) is 30.7 Å². The van der Waals surface area contributed by atoms with Crippen LogP contribution >= 0.6 is 0 Å². The number of piperidine rings is 1. The summed E-state index contributed by atoms with van der Waals surface area (Å²) in [4.78, 5) is 27.1. The largest absolute Gasteiger partial charge is 0.367 e. The molecule has 3 aromatic heterocycles. The highest BCUT2D eigenvalue weighted by molar-refractivity contribution is 6.10. The topological polar surface area (TPSA) is 73.9 Å². The Hall–Kier alpha value is -2.63. The number of carbonyl (C=O) groups is 1. The van der Waals surface area contributed by atoms with Crippen LogP contribution in [0.3, 0.4) is 0 Å². The molecule has 134 valence electrons. The summed E-state index contributed by atoms with van der Waals surface area (Å²) in [6.45, 7) is 3.00. The molecular formula is C20H23N5O. The second kappa shape index (κ2) is 5.97. The van der Waals surface area contributed by atoms with Crippen molar-refractivity contribution >= 4 is 33.5 Å². The zero-order valence-electron chi connectivity index (χ0n) is 14.9. The molecule has 2 aliphatic rings. The number of H-pyrrole nitrogens is 1. The fourth-order valence-corrected chi connectivity index (χ4v) is 4.08. The van der Waals surface area contributed by atoms with Crippen LogP contribution in [-0.2, 0) is 4.79 Å². The number of aromatic amines is 1. The van der Waals surface area contributed by atoms with Gasteiger partial charge in [-0.2, -0.15) is 0 Å². The van der Waals surface area contributed by atoms with E-state index in [9.17, 15) is 4.79 Å². The Morgan fingerprint density at radius 3 is 2.96 bits per heavy atom. The van der Waals surface area contributed by atoms with Gasteiger partial charge in [-0.1, -0.05) is 0 Å². The average molecular weight is 349 g/mol. The highest BCUT2D eigenvalue weighted by Crippen LogP contribution is 2.35. The van der Waals surface area contributed by atoms with Crippen LogP contribution in [0.25, 0.3) is 21.9 Å². The molecule has 3 aromatic rings.